The Labute approximate surface area is 97.1 Å². The molecule has 0 bridgehead atoms. The zero-order valence-electron chi connectivity index (χ0n) is 9.80. The van der Waals surface area contributed by atoms with E-state index in [0.717, 1.165) is 12.2 Å². The van der Waals surface area contributed by atoms with Crippen molar-refractivity contribution in [2.24, 2.45) is 0 Å². The van der Waals surface area contributed by atoms with Gasteiger partial charge >= 0.3 is 0 Å². The summed E-state index contributed by atoms with van der Waals surface area (Å²) in [4.78, 5) is 0. The number of hydrogen-bond acceptors (Lipinski definition) is 4. The van der Waals surface area contributed by atoms with E-state index < -0.39 is 15.3 Å². The molecule has 0 heterocycles. The van der Waals surface area contributed by atoms with Gasteiger partial charge in [-0.1, -0.05) is 6.92 Å². The maximum Gasteiger partial charge on any atom is 0.219 e. The van der Waals surface area contributed by atoms with Crippen LogP contribution in [0.25, 0.3) is 0 Å². The fraction of sp³-hybridized carbons (Fsp3) is 1.00. The van der Waals surface area contributed by atoms with E-state index in [-0.39, 0.29) is 12.6 Å². The number of aliphatic hydroxyl groups is 1. The lowest BCUT2D eigenvalue weighted by Gasteiger charge is -2.28. The van der Waals surface area contributed by atoms with Crippen LogP contribution < -0.4 is 0 Å². The van der Waals surface area contributed by atoms with Gasteiger partial charge < -0.3 is 5.11 Å². The predicted molar refractivity (Wildman–Crippen MR) is 65.7 cm³/mol. The van der Waals surface area contributed by atoms with Crippen LogP contribution in [0.1, 0.15) is 20.3 Å². The molecule has 2 atom stereocenters. The SMILES string of the molecule is CCC(CSC)N(C)S(=O)(=O)C(C)CO. The van der Waals surface area contributed by atoms with Gasteiger partial charge in [-0.3, -0.25) is 0 Å². The molecule has 0 spiro atoms. The van der Waals surface area contributed by atoms with Gasteiger partial charge in [0.05, 0.1) is 11.9 Å². The molecule has 0 aliphatic carbocycles. The Morgan fingerprint density at radius 1 is 1.47 bits per heavy atom. The highest BCUT2D eigenvalue weighted by atomic mass is 32.2. The quantitative estimate of drug-likeness (QED) is 0.730. The lowest BCUT2D eigenvalue weighted by atomic mass is 10.3. The summed E-state index contributed by atoms with van der Waals surface area (Å²) >= 11 is 1.63. The fourth-order valence-electron chi connectivity index (χ4n) is 1.26. The van der Waals surface area contributed by atoms with Gasteiger partial charge in [-0.2, -0.15) is 11.8 Å². The first-order valence-electron chi connectivity index (χ1n) is 4.98. The molecule has 2 unspecified atom stereocenters. The number of nitrogens with zero attached hydrogens (tertiary/aromatic N) is 1. The summed E-state index contributed by atoms with van der Waals surface area (Å²) in [5, 5.41) is 8.17. The molecule has 0 radical (unpaired) electrons. The molecule has 0 aliphatic rings. The first kappa shape index (κ1) is 15.2. The van der Waals surface area contributed by atoms with Gasteiger partial charge in [-0.25, -0.2) is 12.7 Å². The van der Waals surface area contributed by atoms with E-state index in [1.807, 2.05) is 13.2 Å². The third-order valence-electron chi connectivity index (χ3n) is 2.51. The molecule has 0 aromatic carbocycles. The zero-order chi connectivity index (χ0) is 12.1. The standard InChI is InChI=1S/C9H21NO3S2/c1-5-9(7-14-4)10(3)15(12,13)8(2)6-11/h8-9,11H,5-7H2,1-4H3. The third-order valence-corrected chi connectivity index (χ3v) is 5.50. The minimum Gasteiger partial charge on any atom is -0.395 e. The van der Waals surface area contributed by atoms with Crippen LogP contribution in [0, 0.1) is 0 Å². The van der Waals surface area contributed by atoms with Gasteiger partial charge in [-0.05, 0) is 19.6 Å². The van der Waals surface area contributed by atoms with Crippen molar-refractivity contribution in [1.29, 1.82) is 0 Å². The van der Waals surface area contributed by atoms with Crippen LogP contribution in [0.5, 0.6) is 0 Å². The highest BCUT2D eigenvalue weighted by Crippen LogP contribution is 2.15. The monoisotopic (exact) mass is 255 g/mol. The van der Waals surface area contributed by atoms with Crippen LogP contribution in [0.15, 0.2) is 0 Å². The van der Waals surface area contributed by atoms with Gasteiger partial charge in [0.25, 0.3) is 0 Å². The summed E-state index contributed by atoms with van der Waals surface area (Å²) in [5.74, 6) is 0.782. The largest absolute Gasteiger partial charge is 0.395 e. The smallest absolute Gasteiger partial charge is 0.219 e. The van der Waals surface area contributed by atoms with E-state index in [4.69, 9.17) is 5.11 Å². The van der Waals surface area contributed by atoms with Gasteiger partial charge in [0.1, 0.15) is 0 Å². The first-order valence-corrected chi connectivity index (χ1v) is 7.88. The molecule has 0 aromatic rings. The van der Waals surface area contributed by atoms with Crippen molar-refractivity contribution in [3.8, 4) is 0 Å². The molecule has 0 saturated heterocycles. The minimum atomic E-state index is -3.35. The third kappa shape index (κ3) is 3.94. The molecule has 0 aliphatic heterocycles. The molecule has 0 fully saturated rings. The first-order chi connectivity index (χ1) is 6.91. The molecule has 0 rings (SSSR count). The Bertz CT molecular complexity index is 267. The van der Waals surface area contributed by atoms with Gasteiger partial charge in [0, 0.05) is 18.8 Å². The zero-order valence-corrected chi connectivity index (χ0v) is 11.4. The van der Waals surface area contributed by atoms with Crippen LogP contribution in [-0.2, 0) is 10.0 Å². The van der Waals surface area contributed by atoms with E-state index >= 15 is 0 Å². The van der Waals surface area contributed by atoms with E-state index in [0.29, 0.717) is 0 Å². The summed E-state index contributed by atoms with van der Waals surface area (Å²) in [6.45, 7) is 3.16. The van der Waals surface area contributed by atoms with Crippen molar-refractivity contribution in [3.05, 3.63) is 0 Å². The van der Waals surface area contributed by atoms with Crippen molar-refractivity contribution >= 4 is 21.8 Å². The van der Waals surface area contributed by atoms with Crippen LogP contribution >= 0.6 is 11.8 Å². The van der Waals surface area contributed by atoms with E-state index in [1.54, 1.807) is 18.8 Å². The lowest BCUT2D eigenvalue weighted by Crippen LogP contribution is -2.43. The van der Waals surface area contributed by atoms with Crippen LogP contribution in [0.2, 0.25) is 0 Å². The molecule has 1 N–H and O–H groups in total. The molecular weight excluding hydrogens is 234 g/mol. The van der Waals surface area contributed by atoms with Crippen LogP contribution in [0.3, 0.4) is 0 Å². The number of hydrogen-bond donors (Lipinski definition) is 1. The van der Waals surface area contributed by atoms with Crippen LogP contribution in [0.4, 0.5) is 0 Å². The second-order valence-electron chi connectivity index (χ2n) is 3.57. The lowest BCUT2D eigenvalue weighted by molar-refractivity contribution is 0.287. The molecular formula is C9H21NO3S2. The molecule has 6 heteroatoms. The Morgan fingerprint density at radius 3 is 2.33 bits per heavy atom. The van der Waals surface area contributed by atoms with Gasteiger partial charge in [0.15, 0.2) is 0 Å². The van der Waals surface area contributed by atoms with Gasteiger partial charge in [0.2, 0.25) is 10.0 Å². The second-order valence-corrected chi connectivity index (χ2v) is 6.89. The van der Waals surface area contributed by atoms with Crippen molar-refractivity contribution in [2.75, 3.05) is 25.7 Å². The fourth-order valence-corrected chi connectivity index (χ4v) is 3.59. The molecule has 92 valence electrons. The summed E-state index contributed by atoms with van der Waals surface area (Å²) < 4.78 is 25.2. The Kier molecular flexibility index (Phi) is 6.83. The van der Waals surface area contributed by atoms with Crippen molar-refractivity contribution in [3.63, 3.8) is 0 Å². The average molecular weight is 255 g/mol. The summed E-state index contributed by atoms with van der Waals surface area (Å²) in [5.41, 5.74) is 0. The average Bonchev–Trinajstić information content (AvgIpc) is 2.23. The van der Waals surface area contributed by atoms with Crippen molar-refractivity contribution in [1.82, 2.24) is 4.31 Å². The Hall–Kier alpha value is 0.220. The number of thioether (sulfide) groups is 1. The number of sulfonamides is 1. The summed E-state index contributed by atoms with van der Waals surface area (Å²) in [7, 11) is -1.76. The highest BCUT2D eigenvalue weighted by Gasteiger charge is 2.29. The topological polar surface area (TPSA) is 57.6 Å². The maximum atomic E-state index is 11.9. The number of aliphatic hydroxyl groups excluding tert-OH is 1. The van der Waals surface area contributed by atoms with E-state index in [2.05, 4.69) is 0 Å². The summed E-state index contributed by atoms with van der Waals surface area (Å²) in [6.07, 6.45) is 2.74. The van der Waals surface area contributed by atoms with E-state index in [1.165, 1.54) is 11.2 Å². The normalized spacial score (nSPS) is 16.7. The second kappa shape index (κ2) is 6.73. The molecule has 15 heavy (non-hydrogen) atoms. The van der Waals surface area contributed by atoms with Crippen molar-refractivity contribution in [2.45, 2.75) is 31.6 Å². The Morgan fingerprint density at radius 2 is 2.00 bits per heavy atom. The maximum absolute atomic E-state index is 11.9. The molecule has 4 nitrogen and oxygen atoms in total. The van der Waals surface area contributed by atoms with Crippen LogP contribution in [-0.4, -0.2) is 54.8 Å². The van der Waals surface area contributed by atoms with Gasteiger partial charge in [-0.15, -0.1) is 0 Å². The Balaban J connectivity index is 4.73. The minimum absolute atomic E-state index is 0.0130. The van der Waals surface area contributed by atoms with Crippen molar-refractivity contribution < 1.29 is 13.5 Å². The number of rotatable bonds is 7. The molecule has 0 aromatic heterocycles. The highest BCUT2D eigenvalue weighted by molar-refractivity contribution is 7.98. The molecule has 0 saturated carbocycles. The summed E-state index contributed by atoms with van der Waals surface area (Å²) in [6, 6.07) is 0.0130. The predicted octanol–water partition coefficient (Wildman–Crippen LogP) is 0.770. The molecule has 0 amide bonds. The van der Waals surface area contributed by atoms with E-state index in [9.17, 15) is 8.42 Å².